The van der Waals surface area contributed by atoms with Crippen LogP contribution in [0.5, 0.6) is 0 Å². The van der Waals surface area contributed by atoms with Crippen LogP contribution in [-0.2, 0) is 4.79 Å². The number of pyridine rings is 1. The molecule has 1 aromatic rings. The Hall–Kier alpha value is -2.11. The molecule has 1 aliphatic heterocycles. The number of carbonyl (C=O) groups excluding carboxylic acids is 1. The zero-order chi connectivity index (χ0) is 14.9. The first-order valence-electron chi connectivity index (χ1n) is 6.58. The summed E-state index contributed by atoms with van der Waals surface area (Å²) in [6.45, 7) is 4.19. The number of nitrogens with zero attached hydrogens (tertiary/aromatic N) is 2. The summed E-state index contributed by atoms with van der Waals surface area (Å²) in [7, 11) is 0. The lowest BCUT2D eigenvalue weighted by Crippen LogP contribution is -2.56. The minimum Gasteiger partial charge on any atom is -0.480 e. The van der Waals surface area contributed by atoms with Crippen molar-refractivity contribution in [2.24, 2.45) is 5.41 Å². The van der Waals surface area contributed by atoms with Crippen molar-refractivity contribution >= 4 is 17.6 Å². The second-order valence-electron chi connectivity index (χ2n) is 5.81. The van der Waals surface area contributed by atoms with Crippen LogP contribution in [0.2, 0.25) is 0 Å². The Bertz CT molecular complexity index is 525. The largest absolute Gasteiger partial charge is 0.480 e. The zero-order valence-corrected chi connectivity index (χ0v) is 11.7. The summed E-state index contributed by atoms with van der Waals surface area (Å²) in [5.41, 5.74) is 5.78. The fraction of sp³-hybridized carbons (Fsp3) is 0.500. The number of nitrogens with two attached hydrogens (primary N) is 1. The van der Waals surface area contributed by atoms with E-state index in [0.29, 0.717) is 12.2 Å². The van der Waals surface area contributed by atoms with Crippen molar-refractivity contribution in [2.75, 3.05) is 12.3 Å². The third-order valence-electron chi connectivity index (χ3n) is 3.77. The number of carboxylic acid groups (broad SMARTS) is 1. The molecular weight excluding hydrogens is 258 g/mol. The van der Waals surface area contributed by atoms with Crippen molar-refractivity contribution in [1.29, 1.82) is 0 Å². The lowest BCUT2D eigenvalue weighted by Gasteiger charge is -2.43. The molecule has 0 saturated carbocycles. The highest BCUT2D eigenvalue weighted by atomic mass is 16.4. The molecule has 3 N–H and O–H groups in total. The van der Waals surface area contributed by atoms with E-state index in [2.05, 4.69) is 4.98 Å². The van der Waals surface area contributed by atoms with Crippen LogP contribution < -0.4 is 5.73 Å². The van der Waals surface area contributed by atoms with Gasteiger partial charge in [-0.1, -0.05) is 13.8 Å². The van der Waals surface area contributed by atoms with Gasteiger partial charge in [-0.3, -0.25) is 4.79 Å². The first-order chi connectivity index (χ1) is 9.33. The number of rotatable bonds is 2. The molecule has 2 heterocycles. The van der Waals surface area contributed by atoms with E-state index in [1.54, 1.807) is 6.07 Å². The van der Waals surface area contributed by atoms with Crippen molar-refractivity contribution in [3.8, 4) is 0 Å². The average molecular weight is 277 g/mol. The van der Waals surface area contributed by atoms with Gasteiger partial charge in [-0.25, -0.2) is 9.78 Å². The Kier molecular flexibility index (Phi) is 3.65. The minimum absolute atomic E-state index is 0.225. The fourth-order valence-corrected chi connectivity index (χ4v) is 2.76. The van der Waals surface area contributed by atoms with Crippen LogP contribution >= 0.6 is 0 Å². The maximum absolute atomic E-state index is 12.5. The third kappa shape index (κ3) is 2.59. The van der Waals surface area contributed by atoms with Gasteiger partial charge in [-0.2, -0.15) is 0 Å². The number of carboxylic acids is 1. The highest BCUT2D eigenvalue weighted by Gasteiger charge is 2.44. The van der Waals surface area contributed by atoms with E-state index in [1.165, 1.54) is 17.2 Å². The molecule has 1 saturated heterocycles. The highest BCUT2D eigenvalue weighted by Crippen LogP contribution is 2.35. The van der Waals surface area contributed by atoms with Gasteiger partial charge in [0, 0.05) is 6.54 Å². The number of piperidine rings is 1. The monoisotopic (exact) mass is 277 g/mol. The smallest absolute Gasteiger partial charge is 0.326 e. The van der Waals surface area contributed by atoms with Crippen molar-refractivity contribution in [3.05, 3.63) is 24.0 Å². The first kappa shape index (κ1) is 14.3. The summed E-state index contributed by atoms with van der Waals surface area (Å²) in [6, 6.07) is 2.28. The van der Waals surface area contributed by atoms with Gasteiger partial charge in [0.15, 0.2) is 0 Å². The van der Waals surface area contributed by atoms with Gasteiger partial charge in [0.2, 0.25) is 0 Å². The Morgan fingerprint density at radius 3 is 2.70 bits per heavy atom. The summed E-state index contributed by atoms with van der Waals surface area (Å²) in [5.74, 6) is -1.33. The molecule has 1 fully saturated rings. The molecule has 6 nitrogen and oxygen atoms in total. The van der Waals surface area contributed by atoms with Crippen LogP contribution in [0, 0.1) is 5.41 Å². The number of aromatic nitrogens is 1. The van der Waals surface area contributed by atoms with Gasteiger partial charge in [0.1, 0.15) is 11.7 Å². The van der Waals surface area contributed by atoms with E-state index in [-0.39, 0.29) is 11.6 Å². The molecule has 0 aromatic carbocycles. The van der Waals surface area contributed by atoms with E-state index in [0.717, 1.165) is 12.8 Å². The predicted molar refractivity (Wildman–Crippen MR) is 74.1 cm³/mol. The van der Waals surface area contributed by atoms with E-state index < -0.39 is 17.4 Å². The summed E-state index contributed by atoms with van der Waals surface area (Å²) >= 11 is 0. The summed E-state index contributed by atoms with van der Waals surface area (Å²) in [5, 5.41) is 9.45. The van der Waals surface area contributed by atoms with Crippen LogP contribution in [0.15, 0.2) is 18.3 Å². The van der Waals surface area contributed by atoms with Gasteiger partial charge in [0.25, 0.3) is 5.91 Å². The van der Waals surface area contributed by atoms with Gasteiger partial charge in [0.05, 0.1) is 11.9 Å². The van der Waals surface area contributed by atoms with Gasteiger partial charge < -0.3 is 15.7 Å². The van der Waals surface area contributed by atoms with Gasteiger partial charge in [-0.05, 0) is 30.4 Å². The molecule has 0 spiro atoms. The van der Waals surface area contributed by atoms with Crippen LogP contribution in [-0.4, -0.2) is 39.5 Å². The second kappa shape index (κ2) is 5.11. The number of likely N-dealkylation sites (tertiary alicyclic amines) is 1. The molecule has 0 bridgehead atoms. The van der Waals surface area contributed by atoms with Crippen molar-refractivity contribution < 1.29 is 14.7 Å². The van der Waals surface area contributed by atoms with Crippen LogP contribution in [0.25, 0.3) is 0 Å². The normalized spacial score (nSPS) is 21.5. The first-order valence-corrected chi connectivity index (χ1v) is 6.58. The number of amides is 1. The molecule has 0 radical (unpaired) electrons. The van der Waals surface area contributed by atoms with Crippen LogP contribution in [0.4, 0.5) is 5.69 Å². The molecular formula is C14H19N3O3. The number of carbonyl (C=O) groups is 2. The molecule has 0 aliphatic carbocycles. The molecule has 108 valence electrons. The van der Waals surface area contributed by atoms with Gasteiger partial charge >= 0.3 is 5.97 Å². The highest BCUT2D eigenvalue weighted by molar-refractivity contribution is 5.95. The summed E-state index contributed by atoms with van der Waals surface area (Å²) < 4.78 is 0. The SMILES string of the molecule is CC1(C)CCCN(C(=O)c2ccc(N)cn2)C1C(=O)O. The maximum Gasteiger partial charge on any atom is 0.326 e. The van der Waals surface area contributed by atoms with Crippen molar-refractivity contribution in [3.63, 3.8) is 0 Å². The summed E-state index contributed by atoms with van der Waals surface area (Å²) in [6.07, 6.45) is 2.97. The van der Waals surface area contributed by atoms with E-state index in [1.807, 2.05) is 13.8 Å². The number of nitrogen functional groups attached to an aromatic ring is 1. The average Bonchev–Trinajstić information content (AvgIpc) is 2.36. The standard InChI is InChI=1S/C14H19N3O3/c1-14(2)6-3-7-17(11(14)13(19)20)12(18)10-5-4-9(15)8-16-10/h4-5,8,11H,3,6-7,15H2,1-2H3,(H,19,20). The lowest BCUT2D eigenvalue weighted by molar-refractivity contribution is -0.148. The quantitative estimate of drug-likeness (QED) is 0.851. The van der Waals surface area contributed by atoms with Crippen molar-refractivity contribution in [1.82, 2.24) is 9.88 Å². The summed E-state index contributed by atoms with van der Waals surface area (Å²) in [4.78, 5) is 29.4. The Morgan fingerprint density at radius 2 is 2.15 bits per heavy atom. The zero-order valence-electron chi connectivity index (χ0n) is 11.7. The molecule has 20 heavy (non-hydrogen) atoms. The number of hydrogen-bond donors (Lipinski definition) is 2. The minimum atomic E-state index is -0.974. The van der Waals surface area contributed by atoms with Gasteiger partial charge in [-0.15, -0.1) is 0 Å². The predicted octanol–water partition coefficient (Wildman–Crippen LogP) is 1.38. The molecule has 1 amide bonds. The van der Waals surface area contributed by atoms with Crippen LogP contribution in [0.3, 0.4) is 0 Å². The van der Waals surface area contributed by atoms with E-state index >= 15 is 0 Å². The van der Waals surface area contributed by atoms with E-state index in [9.17, 15) is 14.7 Å². The second-order valence-corrected chi connectivity index (χ2v) is 5.81. The Morgan fingerprint density at radius 1 is 1.45 bits per heavy atom. The molecule has 6 heteroatoms. The third-order valence-corrected chi connectivity index (χ3v) is 3.77. The number of hydrogen-bond acceptors (Lipinski definition) is 4. The van der Waals surface area contributed by atoms with Crippen LogP contribution in [0.1, 0.15) is 37.2 Å². The molecule has 1 aliphatic rings. The molecule has 1 aromatic heterocycles. The Labute approximate surface area is 117 Å². The molecule has 1 unspecified atom stereocenters. The molecule has 2 rings (SSSR count). The number of aliphatic carboxylic acids is 1. The maximum atomic E-state index is 12.5. The lowest BCUT2D eigenvalue weighted by atomic mass is 9.76. The van der Waals surface area contributed by atoms with E-state index in [4.69, 9.17) is 5.73 Å². The fourth-order valence-electron chi connectivity index (χ4n) is 2.76. The van der Waals surface area contributed by atoms with Crippen molar-refractivity contribution in [2.45, 2.75) is 32.7 Å². The molecule has 1 atom stereocenters. The Balaban J connectivity index is 2.31. The number of anilines is 1. The topological polar surface area (TPSA) is 96.5 Å².